The molecule has 0 spiro atoms. The molecule has 0 saturated carbocycles. The number of hydrogen-bond acceptors (Lipinski definition) is 6. The van der Waals surface area contributed by atoms with Crippen LogP contribution in [0.5, 0.6) is 0 Å². The number of nitrogens with zero attached hydrogens (tertiary/aromatic N) is 5. The van der Waals surface area contributed by atoms with Crippen molar-refractivity contribution in [2.24, 2.45) is 5.10 Å². The largest absolute Gasteiger partial charge is 0.449 e. The maximum atomic E-state index is 12.2. The van der Waals surface area contributed by atoms with Gasteiger partial charge in [0.15, 0.2) is 11.0 Å². The molecule has 0 fully saturated rings. The monoisotopic (exact) mass is 489 g/mol. The summed E-state index contributed by atoms with van der Waals surface area (Å²) in [5, 5.41) is 15.8. The summed E-state index contributed by atoms with van der Waals surface area (Å²) in [6.07, 6.45) is -0.700. The molecule has 5 rings (SSSR count). The number of rotatable bonds is 6. The van der Waals surface area contributed by atoms with Crippen molar-refractivity contribution >= 4 is 35.2 Å². The van der Waals surface area contributed by atoms with Gasteiger partial charge in [0.1, 0.15) is 0 Å². The molecule has 2 heterocycles. The van der Waals surface area contributed by atoms with E-state index in [1.807, 2.05) is 83.4 Å². The van der Waals surface area contributed by atoms with E-state index < -0.39 is 6.23 Å². The highest BCUT2D eigenvalue weighted by molar-refractivity contribution is 7.99. The Kier molecular flexibility index (Phi) is 6.33. The zero-order chi connectivity index (χ0) is 23.5. The van der Waals surface area contributed by atoms with Crippen LogP contribution in [0.15, 0.2) is 95.2 Å². The molecule has 0 N–H and O–H groups in total. The maximum absolute atomic E-state index is 12.2. The fourth-order valence-electron chi connectivity index (χ4n) is 3.62. The predicted molar refractivity (Wildman–Crippen MR) is 133 cm³/mol. The minimum atomic E-state index is -0.700. The summed E-state index contributed by atoms with van der Waals surface area (Å²) >= 11 is 7.78. The molecule has 9 heteroatoms. The number of thioether (sulfide) groups is 1. The van der Waals surface area contributed by atoms with Crippen LogP contribution in [0.25, 0.3) is 17.1 Å². The van der Waals surface area contributed by atoms with Gasteiger partial charge in [0.2, 0.25) is 18.0 Å². The zero-order valence-electron chi connectivity index (χ0n) is 18.2. The van der Waals surface area contributed by atoms with E-state index in [0.717, 1.165) is 17.1 Å². The summed E-state index contributed by atoms with van der Waals surface area (Å²) < 4.78 is 8.06. The van der Waals surface area contributed by atoms with Crippen molar-refractivity contribution in [2.45, 2.75) is 18.3 Å². The molecule has 7 nitrogen and oxygen atoms in total. The van der Waals surface area contributed by atoms with E-state index in [1.54, 1.807) is 6.07 Å². The van der Waals surface area contributed by atoms with Gasteiger partial charge >= 0.3 is 0 Å². The zero-order valence-corrected chi connectivity index (χ0v) is 19.8. The molecule has 0 aliphatic carbocycles. The Morgan fingerprint density at radius 1 is 0.971 bits per heavy atom. The molecule has 0 bridgehead atoms. The number of carbonyl (C=O) groups excluding carboxylic acids is 1. The first-order valence-corrected chi connectivity index (χ1v) is 12.0. The molecule has 34 heavy (non-hydrogen) atoms. The molecule has 1 aromatic heterocycles. The lowest BCUT2D eigenvalue weighted by atomic mass is 10.2. The average molecular weight is 490 g/mol. The first kappa shape index (κ1) is 22.2. The third-order valence-corrected chi connectivity index (χ3v) is 6.45. The molecule has 1 atom stereocenters. The van der Waals surface area contributed by atoms with Crippen molar-refractivity contribution in [3.8, 4) is 17.1 Å². The minimum absolute atomic E-state index is 0.233. The lowest BCUT2D eigenvalue weighted by molar-refractivity contribution is -0.135. The second kappa shape index (κ2) is 9.70. The number of amides is 1. The molecule has 0 saturated heterocycles. The molecule has 170 valence electrons. The van der Waals surface area contributed by atoms with Crippen LogP contribution in [-0.2, 0) is 9.53 Å². The summed E-state index contributed by atoms with van der Waals surface area (Å²) in [7, 11) is 0. The Bertz CT molecular complexity index is 1340. The quantitative estimate of drug-likeness (QED) is 0.331. The Hall–Kier alpha value is -3.62. The highest BCUT2D eigenvalue weighted by Gasteiger charge is 2.34. The fourth-order valence-corrected chi connectivity index (χ4v) is 4.64. The number of benzene rings is 3. The Morgan fingerprint density at radius 3 is 2.35 bits per heavy atom. The van der Waals surface area contributed by atoms with Crippen LogP contribution in [-0.4, -0.2) is 37.3 Å². The van der Waals surface area contributed by atoms with Crippen molar-refractivity contribution in [2.75, 3.05) is 5.75 Å². The molecule has 1 aliphatic heterocycles. The number of hydrazone groups is 1. The van der Waals surface area contributed by atoms with Crippen LogP contribution in [0, 0.1) is 0 Å². The van der Waals surface area contributed by atoms with Gasteiger partial charge in [0.05, 0.1) is 5.75 Å². The highest BCUT2D eigenvalue weighted by Crippen LogP contribution is 2.34. The summed E-state index contributed by atoms with van der Waals surface area (Å²) in [4.78, 5) is 12.2. The second-order valence-corrected chi connectivity index (χ2v) is 8.83. The lowest BCUT2D eigenvalue weighted by Crippen LogP contribution is -2.25. The Labute approximate surface area is 206 Å². The highest BCUT2D eigenvalue weighted by atomic mass is 35.5. The van der Waals surface area contributed by atoms with Crippen molar-refractivity contribution in [1.29, 1.82) is 0 Å². The van der Waals surface area contributed by atoms with Gasteiger partial charge in [-0.25, -0.2) is 0 Å². The maximum Gasteiger partial charge on any atom is 0.243 e. The summed E-state index contributed by atoms with van der Waals surface area (Å²) in [6.45, 7) is 1.45. The second-order valence-electron chi connectivity index (χ2n) is 7.48. The van der Waals surface area contributed by atoms with Gasteiger partial charge < -0.3 is 4.74 Å². The van der Waals surface area contributed by atoms with E-state index in [4.69, 9.17) is 16.3 Å². The standard InChI is InChI=1S/C25H20ClN5O2S/c1-17(32)31-24(20-14-8-9-15-21(20)26)33-22(29-31)16-34-25-28-27-23(18-10-4-2-5-11-18)30(25)19-12-6-3-7-13-19/h2-15,24H,16H2,1H3. The smallest absolute Gasteiger partial charge is 0.243 e. The summed E-state index contributed by atoms with van der Waals surface area (Å²) in [5.41, 5.74) is 2.59. The number of aromatic nitrogens is 3. The van der Waals surface area contributed by atoms with Gasteiger partial charge in [-0.15, -0.1) is 15.3 Å². The van der Waals surface area contributed by atoms with Gasteiger partial charge in [-0.1, -0.05) is 90.1 Å². The molecular formula is C25H20ClN5O2S. The van der Waals surface area contributed by atoms with Crippen LogP contribution in [0.2, 0.25) is 5.02 Å². The van der Waals surface area contributed by atoms with Crippen LogP contribution >= 0.6 is 23.4 Å². The molecule has 1 amide bonds. The number of carbonyl (C=O) groups is 1. The van der Waals surface area contributed by atoms with E-state index in [1.165, 1.54) is 23.7 Å². The van der Waals surface area contributed by atoms with Crippen LogP contribution in [0.1, 0.15) is 18.7 Å². The normalized spacial score (nSPS) is 15.2. The Balaban J connectivity index is 1.42. The van der Waals surface area contributed by atoms with Gasteiger partial charge in [-0.2, -0.15) is 5.01 Å². The number of para-hydroxylation sites is 1. The van der Waals surface area contributed by atoms with Crippen molar-refractivity contribution in [3.63, 3.8) is 0 Å². The number of halogens is 1. The van der Waals surface area contributed by atoms with E-state index in [0.29, 0.717) is 27.4 Å². The van der Waals surface area contributed by atoms with Gasteiger partial charge in [-0.05, 0) is 18.2 Å². The molecule has 1 aliphatic rings. The molecular weight excluding hydrogens is 470 g/mol. The number of ether oxygens (including phenoxy) is 1. The molecule has 3 aromatic carbocycles. The SMILES string of the molecule is CC(=O)N1N=C(CSc2nnc(-c3ccccc3)n2-c2ccccc2)OC1c1ccccc1Cl. The minimum Gasteiger partial charge on any atom is -0.449 e. The van der Waals surface area contributed by atoms with E-state index in [2.05, 4.69) is 15.3 Å². The first-order valence-electron chi connectivity index (χ1n) is 10.6. The van der Waals surface area contributed by atoms with Gasteiger partial charge in [0.25, 0.3) is 0 Å². The molecule has 0 radical (unpaired) electrons. The summed E-state index contributed by atoms with van der Waals surface area (Å²) in [6, 6.07) is 27.1. The topological polar surface area (TPSA) is 72.6 Å². The van der Waals surface area contributed by atoms with Crippen LogP contribution in [0.3, 0.4) is 0 Å². The van der Waals surface area contributed by atoms with Gasteiger partial charge in [-0.3, -0.25) is 9.36 Å². The lowest BCUT2D eigenvalue weighted by Gasteiger charge is -2.20. The molecule has 4 aromatic rings. The number of hydrogen-bond donors (Lipinski definition) is 0. The summed E-state index contributed by atoms with van der Waals surface area (Å²) in [5.74, 6) is 1.28. The van der Waals surface area contributed by atoms with E-state index in [-0.39, 0.29) is 5.91 Å². The molecule has 1 unspecified atom stereocenters. The third-order valence-electron chi connectivity index (χ3n) is 5.19. The van der Waals surface area contributed by atoms with Gasteiger partial charge in [0, 0.05) is 28.8 Å². The van der Waals surface area contributed by atoms with E-state index in [9.17, 15) is 4.79 Å². The predicted octanol–water partition coefficient (Wildman–Crippen LogP) is 5.57. The van der Waals surface area contributed by atoms with Crippen LogP contribution < -0.4 is 0 Å². The first-order chi connectivity index (χ1) is 16.6. The Morgan fingerprint density at radius 2 is 1.65 bits per heavy atom. The van der Waals surface area contributed by atoms with Crippen molar-refractivity contribution in [3.05, 3.63) is 95.5 Å². The average Bonchev–Trinajstić information content (AvgIpc) is 3.49. The third kappa shape index (κ3) is 4.42. The van der Waals surface area contributed by atoms with E-state index >= 15 is 0 Å². The van der Waals surface area contributed by atoms with Crippen molar-refractivity contribution in [1.82, 2.24) is 19.8 Å². The van der Waals surface area contributed by atoms with Crippen LogP contribution in [0.4, 0.5) is 0 Å². The van der Waals surface area contributed by atoms with Crippen molar-refractivity contribution < 1.29 is 9.53 Å². The fraction of sp³-hybridized carbons (Fsp3) is 0.120.